The maximum absolute atomic E-state index is 6.44. The summed E-state index contributed by atoms with van der Waals surface area (Å²) in [4.78, 5) is 10.2. The molecule has 0 fully saturated rings. The van der Waals surface area contributed by atoms with Gasteiger partial charge >= 0.3 is 0 Å². The van der Waals surface area contributed by atoms with Gasteiger partial charge in [-0.25, -0.2) is 9.97 Å². The summed E-state index contributed by atoms with van der Waals surface area (Å²) in [6, 6.07) is 59.2. The first-order chi connectivity index (χ1) is 23.3. The lowest BCUT2D eigenvalue weighted by Crippen LogP contribution is -1.96. The standard InChI is InChI=1S/C44H28N2O/c1-4-14-29(15-5-1)32-24-33(38-27-39-36-21-12-13-23-42(36)47-43(39)37-22-11-10-20-35(37)38)26-34(25-32)41-28-40(30-16-6-2-7-17-30)45-44(46-41)31-18-8-3-9-19-31/h1-28H. The molecule has 0 amide bonds. The molecule has 0 aliphatic rings. The Morgan fingerprint density at radius 3 is 1.60 bits per heavy atom. The highest BCUT2D eigenvalue weighted by molar-refractivity contribution is 6.19. The molecule has 9 rings (SSSR count). The quantitative estimate of drug-likeness (QED) is 0.197. The third kappa shape index (κ3) is 4.86. The zero-order valence-electron chi connectivity index (χ0n) is 25.5. The Kier molecular flexibility index (Phi) is 6.46. The molecule has 0 aliphatic heterocycles. The van der Waals surface area contributed by atoms with Crippen molar-refractivity contribution in [3.05, 3.63) is 170 Å². The largest absolute Gasteiger partial charge is 0.455 e. The maximum atomic E-state index is 6.44. The zero-order valence-corrected chi connectivity index (χ0v) is 25.5. The number of benzene rings is 7. The lowest BCUT2D eigenvalue weighted by molar-refractivity contribution is 0.672. The van der Waals surface area contributed by atoms with Crippen LogP contribution in [-0.4, -0.2) is 9.97 Å². The summed E-state index contributed by atoms with van der Waals surface area (Å²) in [6.07, 6.45) is 0. The van der Waals surface area contributed by atoms with Crippen LogP contribution in [0, 0.1) is 0 Å². The monoisotopic (exact) mass is 600 g/mol. The third-order valence-electron chi connectivity index (χ3n) is 8.86. The predicted molar refractivity (Wildman–Crippen MR) is 194 cm³/mol. The lowest BCUT2D eigenvalue weighted by Gasteiger charge is -2.14. The van der Waals surface area contributed by atoms with Gasteiger partial charge in [0.15, 0.2) is 5.82 Å². The van der Waals surface area contributed by atoms with Crippen LogP contribution < -0.4 is 0 Å². The number of aromatic nitrogens is 2. The van der Waals surface area contributed by atoms with Crippen molar-refractivity contribution >= 4 is 32.7 Å². The van der Waals surface area contributed by atoms with Gasteiger partial charge in [-0.3, -0.25) is 0 Å². The second kappa shape index (κ2) is 11.2. The van der Waals surface area contributed by atoms with E-state index < -0.39 is 0 Å². The van der Waals surface area contributed by atoms with Gasteiger partial charge in [-0.05, 0) is 64.0 Å². The van der Waals surface area contributed by atoms with Crippen LogP contribution in [0.4, 0.5) is 0 Å². The Hall–Kier alpha value is -6.32. The average Bonchev–Trinajstić information content (AvgIpc) is 3.54. The number of fused-ring (bicyclic) bond motifs is 5. The van der Waals surface area contributed by atoms with Gasteiger partial charge in [0.2, 0.25) is 0 Å². The molecule has 0 saturated heterocycles. The van der Waals surface area contributed by atoms with Crippen LogP contribution in [-0.2, 0) is 0 Å². The van der Waals surface area contributed by atoms with Crippen LogP contribution in [0.2, 0.25) is 0 Å². The van der Waals surface area contributed by atoms with Gasteiger partial charge in [-0.2, -0.15) is 0 Å². The average molecular weight is 601 g/mol. The summed E-state index contributed by atoms with van der Waals surface area (Å²) in [5.74, 6) is 0.699. The van der Waals surface area contributed by atoms with Gasteiger partial charge in [-0.1, -0.05) is 133 Å². The second-order valence-electron chi connectivity index (χ2n) is 11.8. The molecule has 2 aromatic heterocycles. The third-order valence-corrected chi connectivity index (χ3v) is 8.86. The summed E-state index contributed by atoms with van der Waals surface area (Å²) in [7, 11) is 0. The van der Waals surface area contributed by atoms with E-state index in [-0.39, 0.29) is 0 Å². The van der Waals surface area contributed by atoms with Crippen molar-refractivity contribution in [1.29, 1.82) is 0 Å². The van der Waals surface area contributed by atoms with E-state index in [4.69, 9.17) is 14.4 Å². The number of rotatable bonds is 5. The number of hydrogen-bond donors (Lipinski definition) is 0. The molecule has 47 heavy (non-hydrogen) atoms. The molecule has 0 aliphatic carbocycles. The first-order valence-corrected chi connectivity index (χ1v) is 15.8. The van der Waals surface area contributed by atoms with Gasteiger partial charge in [0, 0.05) is 32.8 Å². The number of nitrogens with zero attached hydrogens (tertiary/aromatic N) is 2. The lowest BCUT2D eigenvalue weighted by atomic mass is 9.91. The minimum Gasteiger partial charge on any atom is -0.455 e. The Bertz CT molecular complexity index is 2500. The Morgan fingerprint density at radius 1 is 0.340 bits per heavy atom. The Morgan fingerprint density at radius 2 is 0.872 bits per heavy atom. The van der Waals surface area contributed by atoms with E-state index in [1.165, 1.54) is 0 Å². The normalized spacial score (nSPS) is 11.4. The molecule has 220 valence electrons. The molecule has 0 bridgehead atoms. The number of furan rings is 1. The molecule has 0 unspecified atom stereocenters. The molecule has 0 radical (unpaired) electrons. The minimum absolute atomic E-state index is 0.699. The molecular formula is C44H28N2O. The molecule has 7 aromatic carbocycles. The summed E-state index contributed by atoms with van der Waals surface area (Å²) in [6.45, 7) is 0. The van der Waals surface area contributed by atoms with Crippen LogP contribution in [0.1, 0.15) is 0 Å². The Balaban J connectivity index is 1.33. The van der Waals surface area contributed by atoms with Gasteiger partial charge in [0.05, 0.1) is 11.4 Å². The highest BCUT2D eigenvalue weighted by Gasteiger charge is 2.17. The molecule has 0 spiro atoms. The van der Waals surface area contributed by atoms with Crippen LogP contribution in [0.15, 0.2) is 174 Å². The molecule has 0 saturated carbocycles. The smallest absolute Gasteiger partial charge is 0.160 e. The van der Waals surface area contributed by atoms with Gasteiger partial charge in [-0.15, -0.1) is 0 Å². The van der Waals surface area contributed by atoms with Crippen LogP contribution in [0.5, 0.6) is 0 Å². The fourth-order valence-corrected chi connectivity index (χ4v) is 6.58. The van der Waals surface area contributed by atoms with Crippen molar-refractivity contribution in [2.24, 2.45) is 0 Å². The molecular weight excluding hydrogens is 572 g/mol. The van der Waals surface area contributed by atoms with Crippen LogP contribution in [0.3, 0.4) is 0 Å². The number of hydrogen-bond acceptors (Lipinski definition) is 3. The SMILES string of the molecule is c1ccc(-c2cc(-c3cc(-c4ccccc4)nc(-c4ccccc4)n3)cc(-c3cc4c5ccccc5oc4c4ccccc34)c2)cc1. The summed E-state index contributed by atoms with van der Waals surface area (Å²) in [5.41, 5.74) is 11.2. The van der Waals surface area contributed by atoms with E-state index in [2.05, 4.69) is 121 Å². The van der Waals surface area contributed by atoms with E-state index in [1.807, 2.05) is 48.5 Å². The van der Waals surface area contributed by atoms with Crippen molar-refractivity contribution in [1.82, 2.24) is 9.97 Å². The topological polar surface area (TPSA) is 38.9 Å². The highest BCUT2D eigenvalue weighted by atomic mass is 16.3. The minimum atomic E-state index is 0.699. The Labute approximate surface area is 272 Å². The van der Waals surface area contributed by atoms with Crippen molar-refractivity contribution in [2.75, 3.05) is 0 Å². The van der Waals surface area contributed by atoms with Crippen molar-refractivity contribution < 1.29 is 4.42 Å². The van der Waals surface area contributed by atoms with Gasteiger partial charge in [0.1, 0.15) is 11.2 Å². The summed E-state index contributed by atoms with van der Waals surface area (Å²) >= 11 is 0. The van der Waals surface area contributed by atoms with E-state index in [0.717, 1.165) is 83.0 Å². The number of para-hydroxylation sites is 1. The predicted octanol–water partition coefficient (Wildman–Crippen LogP) is 11.9. The van der Waals surface area contributed by atoms with E-state index >= 15 is 0 Å². The zero-order chi connectivity index (χ0) is 31.2. The van der Waals surface area contributed by atoms with E-state index in [1.54, 1.807) is 0 Å². The highest BCUT2D eigenvalue weighted by Crippen LogP contribution is 2.42. The second-order valence-corrected chi connectivity index (χ2v) is 11.8. The van der Waals surface area contributed by atoms with Crippen LogP contribution >= 0.6 is 0 Å². The first kappa shape index (κ1) is 27.0. The van der Waals surface area contributed by atoms with Crippen molar-refractivity contribution in [3.63, 3.8) is 0 Å². The molecule has 0 N–H and O–H groups in total. The van der Waals surface area contributed by atoms with E-state index in [0.29, 0.717) is 5.82 Å². The summed E-state index contributed by atoms with van der Waals surface area (Å²) < 4.78 is 6.44. The maximum Gasteiger partial charge on any atom is 0.160 e. The molecule has 3 heteroatoms. The fraction of sp³-hybridized carbons (Fsp3) is 0. The van der Waals surface area contributed by atoms with Crippen molar-refractivity contribution in [2.45, 2.75) is 0 Å². The van der Waals surface area contributed by atoms with Gasteiger partial charge in [0.25, 0.3) is 0 Å². The van der Waals surface area contributed by atoms with Crippen molar-refractivity contribution in [3.8, 4) is 56.2 Å². The molecule has 0 atom stereocenters. The first-order valence-electron chi connectivity index (χ1n) is 15.8. The van der Waals surface area contributed by atoms with Gasteiger partial charge < -0.3 is 4.42 Å². The van der Waals surface area contributed by atoms with Crippen LogP contribution in [0.25, 0.3) is 88.9 Å². The summed E-state index contributed by atoms with van der Waals surface area (Å²) in [5, 5.41) is 4.47. The fourth-order valence-electron chi connectivity index (χ4n) is 6.58. The molecule has 9 aromatic rings. The molecule has 2 heterocycles. The van der Waals surface area contributed by atoms with E-state index in [9.17, 15) is 0 Å². The molecule has 3 nitrogen and oxygen atoms in total.